The second-order valence-electron chi connectivity index (χ2n) is 6.47. The van der Waals surface area contributed by atoms with Gasteiger partial charge in [0.15, 0.2) is 0 Å². The summed E-state index contributed by atoms with van der Waals surface area (Å²) in [6.07, 6.45) is 2.90. The predicted octanol–water partition coefficient (Wildman–Crippen LogP) is 1.63. The Morgan fingerprint density at radius 1 is 1.33 bits per heavy atom. The Bertz CT molecular complexity index is 496. The van der Waals surface area contributed by atoms with Gasteiger partial charge in [-0.1, -0.05) is 29.8 Å². The summed E-state index contributed by atoms with van der Waals surface area (Å²) in [5.74, 6) is 0.655. The number of amides is 1. The number of nitrogens with one attached hydrogen (secondary N) is 1. The molecule has 1 saturated carbocycles. The minimum atomic E-state index is -0.269. The van der Waals surface area contributed by atoms with Gasteiger partial charge in [0.25, 0.3) is 0 Å². The van der Waals surface area contributed by atoms with Crippen molar-refractivity contribution in [2.24, 2.45) is 5.92 Å². The van der Waals surface area contributed by atoms with Crippen molar-refractivity contribution < 1.29 is 9.90 Å². The quantitative estimate of drug-likeness (QED) is 0.866. The van der Waals surface area contributed by atoms with Crippen LogP contribution in [0.5, 0.6) is 0 Å². The van der Waals surface area contributed by atoms with Crippen molar-refractivity contribution >= 4 is 5.91 Å². The highest BCUT2D eigenvalue weighted by Crippen LogP contribution is 2.41. The van der Waals surface area contributed by atoms with Crippen molar-refractivity contribution in [2.45, 2.75) is 38.3 Å². The van der Waals surface area contributed by atoms with Gasteiger partial charge in [0.1, 0.15) is 0 Å². The van der Waals surface area contributed by atoms with E-state index in [4.69, 9.17) is 0 Å². The molecule has 0 spiro atoms. The summed E-state index contributed by atoms with van der Waals surface area (Å²) < 4.78 is 0. The fourth-order valence-electron chi connectivity index (χ4n) is 3.05. The highest BCUT2D eigenvalue weighted by molar-refractivity contribution is 5.78. The molecule has 4 nitrogen and oxygen atoms in total. The average Bonchev–Trinajstić information content (AvgIpc) is 3.21. The van der Waals surface area contributed by atoms with Gasteiger partial charge in [0.2, 0.25) is 5.91 Å². The van der Waals surface area contributed by atoms with Gasteiger partial charge in [-0.25, -0.2) is 0 Å². The molecule has 2 atom stereocenters. The van der Waals surface area contributed by atoms with Crippen LogP contribution >= 0.6 is 0 Å². The van der Waals surface area contributed by atoms with E-state index in [1.165, 1.54) is 24.0 Å². The van der Waals surface area contributed by atoms with Crippen molar-refractivity contribution in [3.8, 4) is 0 Å². The highest BCUT2D eigenvalue weighted by atomic mass is 16.3. The maximum Gasteiger partial charge on any atom is 0.234 e. The lowest BCUT2D eigenvalue weighted by atomic mass is 10.0. The molecule has 1 aliphatic heterocycles. The third-order valence-corrected chi connectivity index (χ3v) is 4.46. The van der Waals surface area contributed by atoms with E-state index in [0.717, 1.165) is 13.0 Å². The average molecular weight is 288 g/mol. The summed E-state index contributed by atoms with van der Waals surface area (Å²) in [5.41, 5.74) is 2.45. The predicted molar refractivity (Wildman–Crippen MR) is 81.9 cm³/mol. The number of aryl methyl sites for hydroxylation is 1. The zero-order chi connectivity index (χ0) is 14.8. The highest BCUT2D eigenvalue weighted by Gasteiger charge is 2.33. The molecule has 1 amide bonds. The third-order valence-electron chi connectivity index (χ3n) is 4.46. The standard InChI is InChI=1S/C17H24N2O2/c1-12-2-4-13(5-3-12)17(14-6-7-14)18-16(21)11-19-9-8-15(20)10-19/h2-5,14-15,17,20H,6-11H2,1H3,(H,18,21)/t15-,17?/m1/s1. The lowest BCUT2D eigenvalue weighted by Gasteiger charge is -2.21. The third kappa shape index (κ3) is 3.83. The van der Waals surface area contributed by atoms with Crippen LogP contribution in [0.4, 0.5) is 0 Å². The van der Waals surface area contributed by atoms with Crippen LogP contribution in [0.15, 0.2) is 24.3 Å². The van der Waals surface area contributed by atoms with E-state index >= 15 is 0 Å². The molecule has 4 heteroatoms. The molecule has 1 saturated heterocycles. The second-order valence-corrected chi connectivity index (χ2v) is 6.47. The van der Waals surface area contributed by atoms with Crippen LogP contribution < -0.4 is 5.32 Å². The molecule has 1 aliphatic carbocycles. The normalized spacial score (nSPS) is 24.0. The second kappa shape index (κ2) is 6.16. The number of benzene rings is 1. The Labute approximate surface area is 126 Å². The largest absolute Gasteiger partial charge is 0.392 e. The van der Waals surface area contributed by atoms with Crippen LogP contribution in [0.3, 0.4) is 0 Å². The van der Waals surface area contributed by atoms with Crippen molar-refractivity contribution in [3.63, 3.8) is 0 Å². The zero-order valence-corrected chi connectivity index (χ0v) is 12.6. The smallest absolute Gasteiger partial charge is 0.234 e. The molecular weight excluding hydrogens is 264 g/mol. The van der Waals surface area contributed by atoms with Crippen LogP contribution in [0.25, 0.3) is 0 Å². The molecule has 1 unspecified atom stereocenters. The lowest BCUT2D eigenvalue weighted by Crippen LogP contribution is -2.39. The monoisotopic (exact) mass is 288 g/mol. The van der Waals surface area contributed by atoms with Gasteiger partial charge in [-0.3, -0.25) is 9.69 Å². The Balaban J connectivity index is 1.60. The molecule has 3 rings (SSSR count). The van der Waals surface area contributed by atoms with Gasteiger partial charge in [-0.05, 0) is 37.7 Å². The lowest BCUT2D eigenvalue weighted by molar-refractivity contribution is -0.123. The molecule has 21 heavy (non-hydrogen) atoms. The van der Waals surface area contributed by atoms with Crippen LogP contribution in [0, 0.1) is 12.8 Å². The summed E-state index contributed by atoms with van der Waals surface area (Å²) >= 11 is 0. The van der Waals surface area contributed by atoms with E-state index in [9.17, 15) is 9.90 Å². The Hall–Kier alpha value is -1.39. The van der Waals surface area contributed by atoms with Crippen molar-refractivity contribution in [2.75, 3.05) is 19.6 Å². The molecule has 114 valence electrons. The molecule has 1 aromatic rings. The molecule has 0 radical (unpaired) electrons. The SMILES string of the molecule is Cc1ccc(C(NC(=O)CN2CC[C@@H](O)C2)C2CC2)cc1. The summed E-state index contributed by atoms with van der Waals surface area (Å²) in [4.78, 5) is 14.3. The first kappa shape index (κ1) is 14.5. The topological polar surface area (TPSA) is 52.6 Å². The first-order valence-corrected chi connectivity index (χ1v) is 7.88. The molecule has 1 heterocycles. The fourth-order valence-corrected chi connectivity index (χ4v) is 3.05. The number of aliphatic hydroxyl groups is 1. The summed E-state index contributed by atoms with van der Waals surface area (Å²) in [7, 11) is 0. The number of nitrogens with zero attached hydrogens (tertiary/aromatic N) is 1. The van der Waals surface area contributed by atoms with Crippen LogP contribution in [0.1, 0.15) is 36.4 Å². The number of aliphatic hydroxyl groups excluding tert-OH is 1. The van der Waals surface area contributed by atoms with E-state index in [1.54, 1.807) is 0 Å². The van der Waals surface area contributed by atoms with Gasteiger partial charge in [0, 0.05) is 13.1 Å². The number of β-amino-alcohol motifs (C(OH)–C–C–N with tert-alkyl or cyclic N) is 1. The minimum Gasteiger partial charge on any atom is -0.392 e. The summed E-state index contributed by atoms with van der Waals surface area (Å²) in [5, 5.41) is 12.7. The number of likely N-dealkylation sites (tertiary alicyclic amines) is 1. The molecule has 2 N–H and O–H groups in total. The van der Waals surface area contributed by atoms with Crippen molar-refractivity contribution in [1.82, 2.24) is 10.2 Å². The van der Waals surface area contributed by atoms with E-state index in [2.05, 4.69) is 36.5 Å². The number of carbonyl (C=O) groups is 1. The van der Waals surface area contributed by atoms with Crippen molar-refractivity contribution in [3.05, 3.63) is 35.4 Å². The molecule has 2 fully saturated rings. The molecule has 2 aliphatic rings. The fraction of sp³-hybridized carbons (Fsp3) is 0.588. The molecule has 1 aromatic carbocycles. The van der Waals surface area contributed by atoms with Crippen LogP contribution in [-0.4, -0.2) is 41.7 Å². The maximum atomic E-state index is 12.3. The van der Waals surface area contributed by atoms with E-state index < -0.39 is 0 Å². The van der Waals surface area contributed by atoms with Gasteiger partial charge in [-0.2, -0.15) is 0 Å². The number of hydrogen-bond acceptors (Lipinski definition) is 3. The summed E-state index contributed by atoms with van der Waals surface area (Å²) in [6.45, 7) is 3.90. The van der Waals surface area contributed by atoms with Gasteiger partial charge in [0.05, 0.1) is 18.7 Å². The van der Waals surface area contributed by atoms with Crippen LogP contribution in [0.2, 0.25) is 0 Å². The first-order chi connectivity index (χ1) is 10.1. The number of hydrogen-bond donors (Lipinski definition) is 2. The Morgan fingerprint density at radius 2 is 2.05 bits per heavy atom. The van der Waals surface area contributed by atoms with Gasteiger partial charge >= 0.3 is 0 Å². The van der Waals surface area contributed by atoms with Crippen LogP contribution in [-0.2, 0) is 4.79 Å². The number of rotatable bonds is 5. The Morgan fingerprint density at radius 3 is 2.62 bits per heavy atom. The maximum absolute atomic E-state index is 12.3. The number of carbonyl (C=O) groups excluding carboxylic acids is 1. The van der Waals surface area contributed by atoms with Crippen molar-refractivity contribution in [1.29, 1.82) is 0 Å². The summed E-state index contributed by atoms with van der Waals surface area (Å²) in [6, 6.07) is 8.60. The van der Waals surface area contributed by atoms with Gasteiger partial charge < -0.3 is 10.4 Å². The van der Waals surface area contributed by atoms with E-state index in [1.807, 2.05) is 4.90 Å². The van der Waals surface area contributed by atoms with Gasteiger partial charge in [-0.15, -0.1) is 0 Å². The Kier molecular flexibility index (Phi) is 4.27. The first-order valence-electron chi connectivity index (χ1n) is 7.88. The molecule has 0 bridgehead atoms. The van der Waals surface area contributed by atoms with E-state index in [-0.39, 0.29) is 18.1 Å². The molecular formula is C17H24N2O2. The zero-order valence-electron chi connectivity index (χ0n) is 12.6. The molecule has 0 aromatic heterocycles. The minimum absolute atomic E-state index is 0.0709. The van der Waals surface area contributed by atoms with E-state index in [0.29, 0.717) is 19.0 Å².